The molecule has 0 aromatic heterocycles. The van der Waals surface area contributed by atoms with E-state index in [4.69, 9.17) is 5.73 Å². The molecule has 0 spiro atoms. The van der Waals surface area contributed by atoms with Gasteiger partial charge in [-0.1, -0.05) is 45.0 Å². The summed E-state index contributed by atoms with van der Waals surface area (Å²) in [5.74, 6) is 0.0791. The predicted octanol–water partition coefficient (Wildman–Crippen LogP) is 5.20. The van der Waals surface area contributed by atoms with Crippen LogP contribution < -0.4 is 5.73 Å². The molecule has 0 fully saturated rings. The molecule has 2 N–H and O–H groups in total. The van der Waals surface area contributed by atoms with Crippen molar-refractivity contribution in [2.45, 2.75) is 33.1 Å². The number of hydrogen-bond donors (Lipinski definition) is 1. The van der Waals surface area contributed by atoms with Crippen LogP contribution in [0.15, 0.2) is 40.9 Å². The summed E-state index contributed by atoms with van der Waals surface area (Å²) in [4.78, 5) is 11.4. The van der Waals surface area contributed by atoms with E-state index in [0.717, 1.165) is 32.4 Å². The fourth-order valence-corrected chi connectivity index (χ4v) is 2.76. The zero-order valence-corrected chi connectivity index (χ0v) is 14.4. The second-order valence-electron chi connectivity index (χ2n) is 6.30. The first kappa shape index (κ1) is 15.8. The third kappa shape index (κ3) is 3.35. The molecule has 2 nitrogen and oxygen atoms in total. The maximum atomic E-state index is 11.4. The monoisotopic (exact) mass is 345 g/mol. The molecule has 0 amide bonds. The van der Waals surface area contributed by atoms with Gasteiger partial charge >= 0.3 is 0 Å². The molecule has 0 atom stereocenters. The molecule has 2 aromatic rings. The Bertz CT molecular complexity index is 682. The number of carbonyl (C=O) groups is 1. The molecule has 0 saturated heterocycles. The van der Waals surface area contributed by atoms with Crippen molar-refractivity contribution in [2.24, 2.45) is 0 Å². The molecule has 0 aliphatic rings. The Morgan fingerprint density at radius 3 is 2.10 bits per heavy atom. The van der Waals surface area contributed by atoms with Gasteiger partial charge in [0.15, 0.2) is 5.78 Å². The minimum atomic E-state index is -0.0259. The van der Waals surface area contributed by atoms with E-state index in [1.54, 1.807) is 6.92 Å². The van der Waals surface area contributed by atoms with Gasteiger partial charge in [0.25, 0.3) is 0 Å². The molecule has 21 heavy (non-hydrogen) atoms. The Morgan fingerprint density at radius 1 is 1.05 bits per heavy atom. The van der Waals surface area contributed by atoms with Crippen LogP contribution in [-0.4, -0.2) is 5.78 Å². The summed E-state index contributed by atoms with van der Waals surface area (Å²) < 4.78 is 0.903. The lowest BCUT2D eigenvalue weighted by molar-refractivity contribution is 0.101. The maximum absolute atomic E-state index is 11.4. The van der Waals surface area contributed by atoms with Crippen molar-refractivity contribution in [3.63, 3.8) is 0 Å². The van der Waals surface area contributed by atoms with Crippen molar-refractivity contribution in [1.82, 2.24) is 0 Å². The second kappa shape index (κ2) is 5.64. The third-order valence-electron chi connectivity index (χ3n) is 3.56. The van der Waals surface area contributed by atoms with Gasteiger partial charge in [0.1, 0.15) is 0 Å². The molecule has 0 bridgehead atoms. The third-order valence-corrected chi connectivity index (χ3v) is 4.22. The highest BCUT2D eigenvalue weighted by atomic mass is 79.9. The lowest BCUT2D eigenvalue weighted by Crippen LogP contribution is -2.14. The minimum Gasteiger partial charge on any atom is -0.398 e. The molecule has 2 rings (SSSR count). The minimum absolute atomic E-state index is 0.0259. The summed E-state index contributed by atoms with van der Waals surface area (Å²) in [6.45, 7) is 8.02. The normalized spacial score (nSPS) is 11.5. The fraction of sp³-hybridized carbons (Fsp3) is 0.278. The summed E-state index contributed by atoms with van der Waals surface area (Å²) in [5, 5.41) is 0. The summed E-state index contributed by atoms with van der Waals surface area (Å²) in [5.41, 5.74) is 11.0. The van der Waals surface area contributed by atoms with Gasteiger partial charge in [-0.25, -0.2) is 0 Å². The molecule has 0 heterocycles. The summed E-state index contributed by atoms with van der Waals surface area (Å²) >= 11 is 3.55. The van der Waals surface area contributed by atoms with Crippen LogP contribution >= 0.6 is 15.9 Å². The first-order valence-corrected chi connectivity index (χ1v) is 7.70. The molecule has 0 aliphatic heterocycles. The molecule has 0 aliphatic carbocycles. The zero-order valence-electron chi connectivity index (χ0n) is 12.8. The highest BCUT2D eigenvalue weighted by molar-refractivity contribution is 9.10. The van der Waals surface area contributed by atoms with Gasteiger partial charge in [0.05, 0.1) is 0 Å². The summed E-state index contributed by atoms with van der Waals surface area (Å²) in [7, 11) is 0. The number of Topliss-reactive ketones (excluding diaryl/α,β-unsaturated/α-hetero) is 1. The van der Waals surface area contributed by atoms with Crippen molar-refractivity contribution < 1.29 is 4.79 Å². The predicted molar refractivity (Wildman–Crippen MR) is 92.7 cm³/mol. The van der Waals surface area contributed by atoms with E-state index in [0.29, 0.717) is 0 Å². The SMILES string of the molecule is CC(=O)c1ccc(-c2cc(Br)c(N)c(C(C)(C)C)c2)cc1. The highest BCUT2D eigenvalue weighted by Gasteiger charge is 2.19. The van der Waals surface area contributed by atoms with Gasteiger partial charge in [-0.3, -0.25) is 4.79 Å². The Labute approximate surface area is 134 Å². The van der Waals surface area contributed by atoms with Crippen molar-refractivity contribution in [3.8, 4) is 11.1 Å². The van der Waals surface area contributed by atoms with E-state index < -0.39 is 0 Å². The van der Waals surface area contributed by atoms with E-state index in [1.807, 2.05) is 30.3 Å². The standard InChI is InChI=1S/C18H20BrNO/c1-11(21)12-5-7-13(8-6-12)14-9-15(18(2,3)4)17(20)16(19)10-14/h5-10H,20H2,1-4H3. The van der Waals surface area contributed by atoms with Crippen molar-refractivity contribution >= 4 is 27.4 Å². The summed E-state index contributed by atoms with van der Waals surface area (Å²) in [6.07, 6.45) is 0. The van der Waals surface area contributed by atoms with Gasteiger partial charge in [-0.05, 0) is 57.1 Å². The average molecular weight is 346 g/mol. The van der Waals surface area contributed by atoms with Crippen LogP contribution in [0.1, 0.15) is 43.6 Å². The van der Waals surface area contributed by atoms with E-state index in [9.17, 15) is 4.79 Å². The molecule has 0 radical (unpaired) electrons. The van der Waals surface area contributed by atoms with E-state index >= 15 is 0 Å². The van der Waals surface area contributed by atoms with Crippen molar-refractivity contribution in [3.05, 3.63) is 52.0 Å². The van der Waals surface area contributed by atoms with Crippen LogP contribution in [0.4, 0.5) is 5.69 Å². The van der Waals surface area contributed by atoms with Gasteiger partial charge in [0, 0.05) is 15.7 Å². The van der Waals surface area contributed by atoms with Crippen LogP contribution in [0.25, 0.3) is 11.1 Å². The Kier molecular flexibility index (Phi) is 4.24. The molecule has 0 unspecified atom stereocenters. The number of ketones is 1. The number of nitrogens with two attached hydrogens (primary N) is 1. The van der Waals surface area contributed by atoms with Gasteiger partial charge in [-0.2, -0.15) is 0 Å². The van der Waals surface area contributed by atoms with Crippen LogP contribution in [0.5, 0.6) is 0 Å². The topological polar surface area (TPSA) is 43.1 Å². The Hall–Kier alpha value is -1.61. The molecule has 3 heteroatoms. The average Bonchev–Trinajstić information content (AvgIpc) is 2.40. The largest absolute Gasteiger partial charge is 0.398 e. The Balaban J connectivity index is 2.54. The quantitative estimate of drug-likeness (QED) is 0.600. The number of nitrogen functional groups attached to an aromatic ring is 1. The molecule has 0 saturated carbocycles. The fourth-order valence-electron chi connectivity index (χ4n) is 2.30. The van der Waals surface area contributed by atoms with Gasteiger partial charge in [-0.15, -0.1) is 0 Å². The van der Waals surface area contributed by atoms with Crippen LogP contribution in [0, 0.1) is 0 Å². The van der Waals surface area contributed by atoms with Gasteiger partial charge < -0.3 is 5.73 Å². The first-order chi connectivity index (χ1) is 9.70. The number of halogens is 1. The lowest BCUT2D eigenvalue weighted by Gasteiger charge is -2.23. The number of hydrogen-bond acceptors (Lipinski definition) is 2. The van der Waals surface area contributed by atoms with Crippen molar-refractivity contribution in [1.29, 1.82) is 0 Å². The smallest absolute Gasteiger partial charge is 0.159 e. The Morgan fingerprint density at radius 2 is 1.62 bits per heavy atom. The van der Waals surface area contributed by atoms with Gasteiger partial charge in [0.2, 0.25) is 0 Å². The van der Waals surface area contributed by atoms with Crippen LogP contribution in [0.3, 0.4) is 0 Å². The summed E-state index contributed by atoms with van der Waals surface area (Å²) in [6, 6.07) is 11.8. The molecule has 110 valence electrons. The van der Waals surface area contributed by atoms with Crippen LogP contribution in [-0.2, 0) is 5.41 Å². The van der Waals surface area contributed by atoms with E-state index in [2.05, 4.69) is 42.8 Å². The van der Waals surface area contributed by atoms with E-state index in [-0.39, 0.29) is 11.2 Å². The second-order valence-corrected chi connectivity index (χ2v) is 7.16. The zero-order chi connectivity index (χ0) is 15.8. The van der Waals surface area contributed by atoms with Crippen molar-refractivity contribution in [2.75, 3.05) is 5.73 Å². The molecular formula is C18H20BrNO. The number of benzene rings is 2. The molecular weight excluding hydrogens is 326 g/mol. The highest BCUT2D eigenvalue weighted by Crippen LogP contribution is 2.37. The maximum Gasteiger partial charge on any atom is 0.159 e. The number of rotatable bonds is 2. The lowest BCUT2D eigenvalue weighted by atomic mass is 9.84. The van der Waals surface area contributed by atoms with E-state index in [1.165, 1.54) is 0 Å². The van der Waals surface area contributed by atoms with Crippen LogP contribution in [0.2, 0.25) is 0 Å². The first-order valence-electron chi connectivity index (χ1n) is 6.91. The molecule has 2 aromatic carbocycles. The number of anilines is 1. The number of carbonyl (C=O) groups excluding carboxylic acids is 1.